The van der Waals surface area contributed by atoms with Crippen LogP contribution in [0.15, 0.2) is 73.1 Å². The molecule has 14 heteroatoms. The summed E-state index contributed by atoms with van der Waals surface area (Å²) in [5.41, 5.74) is 9.10. The second kappa shape index (κ2) is 19.0. The highest BCUT2D eigenvalue weighted by Crippen LogP contribution is 2.41. The fourth-order valence-electron chi connectivity index (χ4n) is 11.6. The van der Waals surface area contributed by atoms with E-state index in [2.05, 4.69) is 116 Å². The zero-order chi connectivity index (χ0) is 45.6. The molecule has 4 aliphatic rings. The molecule has 2 aliphatic heterocycles. The van der Waals surface area contributed by atoms with Crippen LogP contribution in [0, 0.1) is 0 Å². The third kappa shape index (κ3) is 8.49. The summed E-state index contributed by atoms with van der Waals surface area (Å²) in [5, 5.41) is 26.6. The Hall–Kier alpha value is -4.96. The minimum Gasteiger partial charge on any atom is -0.384 e. The second-order valence-electron chi connectivity index (χ2n) is 19.9. The molecule has 6 aromatic heterocycles. The maximum atomic E-state index is 13.3. The summed E-state index contributed by atoms with van der Waals surface area (Å²) in [6.45, 7) is 17.2. The fraction of sp³-hybridized carbons (Fsp3) is 0.538. The molecule has 14 nitrogen and oxygen atoms in total. The van der Waals surface area contributed by atoms with Gasteiger partial charge in [0.1, 0.15) is 35.1 Å². The molecule has 0 saturated carbocycles. The Labute approximate surface area is 390 Å². The minimum atomic E-state index is -1.34. The summed E-state index contributed by atoms with van der Waals surface area (Å²) in [7, 11) is 4.30. The number of nitrogens with zero attached hydrogens (tertiary/aromatic N) is 12. The molecule has 2 saturated heterocycles. The van der Waals surface area contributed by atoms with E-state index in [9.17, 15) is 10.2 Å². The maximum Gasteiger partial charge on any atom is 0.138 e. The number of hydrogen-bond donors (Lipinski definition) is 2. The highest BCUT2D eigenvalue weighted by Gasteiger charge is 2.37. The van der Waals surface area contributed by atoms with E-state index in [1.807, 2.05) is 36.7 Å². The van der Waals surface area contributed by atoms with E-state index in [0.29, 0.717) is 36.6 Å². The molecule has 2 fully saturated rings. The predicted octanol–water partition coefficient (Wildman–Crippen LogP) is 6.62. The Bertz CT molecular complexity index is 2450. The quantitative estimate of drug-likeness (QED) is 0.130. The molecule has 8 heterocycles. The molecular formula is C52H70N12O2. The van der Waals surface area contributed by atoms with E-state index >= 15 is 0 Å². The van der Waals surface area contributed by atoms with Crippen molar-refractivity contribution >= 4 is 22.9 Å². The monoisotopic (exact) mass is 895 g/mol. The van der Waals surface area contributed by atoms with E-state index in [1.54, 1.807) is 0 Å². The van der Waals surface area contributed by atoms with Crippen LogP contribution >= 0.6 is 0 Å². The number of aryl methyl sites for hydroxylation is 2. The van der Waals surface area contributed by atoms with Gasteiger partial charge in [0, 0.05) is 89.9 Å². The highest BCUT2D eigenvalue weighted by atomic mass is 16.3. The summed E-state index contributed by atoms with van der Waals surface area (Å²) in [5.74, 6) is 1.96. The third-order valence-electron chi connectivity index (χ3n) is 15.3. The Balaban J connectivity index is 1.09. The third-order valence-corrected chi connectivity index (χ3v) is 15.3. The van der Waals surface area contributed by atoms with Gasteiger partial charge in [-0.25, -0.2) is 9.97 Å². The normalized spacial score (nSPS) is 20.8. The fourth-order valence-corrected chi connectivity index (χ4v) is 11.6. The predicted molar refractivity (Wildman–Crippen MR) is 261 cm³/mol. The van der Waals surface area contributed by atoms with Crippen molar-refractivity contribution in [2.24, 2.45) is 0 Å². The molecule has 0 aromatic carbocycles. The minimum absolute atomic E-state index is 0.109. The van der Waals surface area contributed by atoms with Crippen molar-refractivity contribution in [1.29, 1.82) is 0 Å². The van der Waals surface area contributed by atoms with Gasteiger partial charge in [0.05, 0.1) is 46.2 Å². The molecule has 0 amide bonds. The molecule has 0 bridgehead atoms. The SMILES string of the molecule is CC(C)N1CCN(c2cccc3nc(CN(C)[C@H]4CCCc5cccnc54)c(C(O)C(O)c4c(CN(C)[C@H]5CCCc6cccnc65)nc5cccc(N6CCN(C(C)C)CC6)n45)n23)CC1. The van der Waals surface area contributed by atoms with Crippen LogP contribution in [-0.4, -0.2) is 137 Å². The average molecular weight is 895 g/mol. The number of piperazine rings is 2. The van der Waals surface area contributed by atoms with Gasteiger partial charge in [0.2, 0.25) is 0 Å². The first-order valence-corrected chi connectivity index (χ1v) is 24.7. The molecule has 2 aliphatic carbocycles. The molecule has 4 atom stereocenters. The summed E-state index contributed by atoms with van der Waals surface area (Å²) in [4.78, 5) is 35.1. The van der Waals surface area contributed by atoms with Crippen molar-refractivity contribution < 1.29 is 10.2 Å². The smallest absolute Gasteiger partial charge is 0.138 e. The van der Waals surface area contributed by atoms with Crippen molar-refractivity contribution in [2.45, 2.75) is 116 Å². The average Bonchev–Trinajstić information content (AvgIpc) is 3.90. The molecule has 350 valence electrons. The van der Waals surface area contributed by atoms with Gasteiger partial charge in [-0.05, 0) is 128 Å². The zero-order valence-corrected chi connectivity index (χ0v) is 40.0. The van der Waals surface area contributed by atoms with E-state index in [4.69, 9.17) is 19.9 Å². The lowest BCUT2D eigenvalue weighted by atomic mass is 9.91. The van der Waals surface area contributed by atoms with Crippen LogP contribution in [0.1, 0.15) is 123 Å². The number of hydrogen-bond acceptors (Lipinski definition) is 12. The topological polar surface area (TPSA) is 120 Å². The number of aromatic nitrogens is 6. The lowest BCUT2D eigenvalue weighted by Gasteiger charge is -2.38. The first-order chi connectivity index (χ1) is 32.0. The van der Waals surface area contributed by atoms with Gasteiger partial charge in [-0.15, -0.1) is 0 Å². The van der Waals surface area contributed by atoms with Crippen molar-refractivity contribution in [3.05, 3.63) is 118 Å². The summed E-state index contributed by atoms with van der Waals surface area (Å²) in [6.07, 6.45) is 7.34. The van der Waals surface area contributed by atoms with Crippen molar-refractivity contribution in [3.8, 4) is 0 Å². The van der Waals surface area contributed by atoms with E-state index in [0.717, 1.165) is 137 Å². The van der Waals surface area contributed by atoms with Crippen LogP contribution in [0.4, 0.5) is 11.6 Å². The molecule has 0 spiro atoms. The van der Waals surface area contributed by atoms with Crippen molar-refractivity contribution in [3.63, 3.8) is 0 Å². The van der Waals surface area contributed by atoms with Gasteiger partial charge in [-0.2, -0.15) is 0 Å². The standard InChI is InChI=1S/C52H70N12O2/c1-35(2)59-25-29-61(30-26-59)45-21-9-19-43-55-39(33-57(5)41-17-7-13-37-15-11-23-53-47(37)41)49(63(43)45)51(65)52(66)50-40(34-58(6)42-18-8-14-38-16-12-24-54-48(38)42)56-44-20-10-22-46(64(44)50)62-31-27-60(28-32-62)36(3)4/h9-12,15-16,19-24,35-36,41-42,51-52,65-66H,7-8,13-14,17-18,25-34H2,1-6H3/t41-,42-,51?,52?/m0/s1. The number of imidazole rings is 2. The highest BCUT2D eigenvalue weighted by molar-refractivity contribution is 5.58. The van der Waals surface area contributed by atoms with Crippen molar-refractivity contribution in [2.75, 3.05) is 76.3 Å². The van der Waals surface area contributed by atoms with Crippen molar-refractivity contribution in [1.82, 2.24) is 48.3 Å². The molecule has 2 N–H and O–H groups in total. The van der Waals surface area contributed by atoms with Crippen LogP contribution in [0.2, 0.25) is 0 Å². The molecule has 2 unspecified atom stereocenters. The van der Waals surface area contributed by atoms with Crippen LogP contribution in [-0.2, 0) is 25.9 Å². The van der Waals surface area contributed by atoms with Gasteiger partial charge in [-0.3, -0.25) is 38.4 Å². The van der Waals surface area contributed by atoms with Gasteiger partial charge in [-0.1, -0.05) is 24.3 Å². The summed E-state index contributed by atoms with van der Waals surface area (Å²) in [6, 6.07) is 22.2. The second-order valence-corrected chi connectivity index (χ2v) is 19.9. The number of aliphatic hydroxyl groups is 2. The molecular weight excluding hydrogens is 825 g/mol. The molecule has 6 aromatic rings. The van der Waals surface area contributed by atoms with E-state index in [1.165, 1.54) is 11.1 Å². The molecule has 10 rings (SSSR count). The Morgan fingerprint density at radius 1 is 0.561 bits per heavy atom. The largest absolute Gasteiger partial charge is 0.384 e. The van der Waals surface area contributed by atoms with E-state index in [-0.39, 0.29) is 12.1 Å². The Kier molecular flexibility index (Phi) is 12.9. The summed E-state index contributed by atoms with van der Waals surface area (Å²) < 4.78 is 4.28. The molecule has 0 radical (unpaired) electrons. The van der Waals surface area contributed by atoms with Crippen LogP contribution < -0.4 is 9.80 Å². The van der Waals surface area contributed by atoms with Gasteiger partial charge in [0.25, 0.3) is 0 Å². The van der Waals surface area contributed by atoms with Crippen LogP contribution in [0.5, 0.6) is 0 Å². The lowest BCUT2D eigenvalue weighted by Crippen LogP contribution is -2.49. The van der Waals surface area contributed by atoms with Gasteiger partial charge < -0.3 is 20.0 Å². The van der Waals surface area contributed by atoms with Crippen LogP contribution in [0.3, 0.4) is 0 Å². The van der Waals surface area contributed by atoms with Gasteiger partial charge >= 0.3 is 0 Å². The Morgan fingerprint density at radius 2 is 0.970 bits per heavy atom. The number of rotatable bonds is 13. The summed E-state index contributed by atoms with van der Waals surface area (Å²) >= 11 is 0. The number of anilines is 2. The first kappa shape index (κ1) is 44.9. The van der Waals surface area contributed by atoms with Gasteiger partial charge in [0.15, 0.2) is 0 Å². The maximum absolute atomic E-state index is 13.3. The van der Waals surface area contributed by atoms with Crippen LogP contribution in [0.25, 0.3) is 11.3 Å². The lowest BCUT2D eigenvalue weighted by molar-refractivity contribution is 0.00895. The molecule has 66 heavy (non-hydrogen) atoms. The van der Waals surface area contributed by atoms with E-state index < -0.39 is 12.2 Å². The number of fused-ring (bicyclic) bond motifs is 4. The zero-order valence-electron chi connectivity index (χ0n) is 40.0. The number of pyridine rings is 4. The first-order valence-electron chi connectivity index (χ1n) is 24.7. The number of aliphatic hydroxyl groups excluding tert-OH is 2. The Morgan fingerprint density at radius 3 is 1.36 bits per heavy atom.